The molecule has 17 nitrogen and oxygen atoms in total. The Labute approximate surface area is 212 Å². The molecule has 17 heteroatoms. The van der Waals surface area contributed by atoms with Crippen molar-refractivity contribution in [3.8, 4) is 0 Å². The van der Waals surface area contributed by atoms with Crippen LogP contribution in [0.25, 0.3) is 0 Å². The van der Waals surface area contributed by atoms with E-state index in [9.17, 15) is 9.59 Å². The Morgan fingerprint density at radius 3 is 1.86 bits per heavy atom. The summed E-state index contributed by atoms with van der Waals surface area (Å²) in [7, 11) is 0. The Morgan fingerprint density at radius 1 is 0.722 bits per heavy atom. The van der Waals surface area contributed by atoms with Crippen molar-refractivity contribution in [2.75, 3.05) is 105 Å². The summed E-state index contributed by atoms with van der Waals surface area (Å²) < 4.78 is 21.1. The first-order chi connectivity index (χ1) is 17.4. The molecule has 0 unspecified atom stereocenters. The molecular formula is C19H43N11O6. The van der Waals surface area contributed by atoms with Gasteiger partial charge in [-0.1, -0.05) is 0 Å². The van der Waals surface area contributed by atoms with Gasteiger partial charge in [0.15, 0.2) is 0 Å². The quantitative estimate of drug-likeness (QED) is 0.0199. The normalized spacial score (nSPS) is 10.6. The van der Waals surface area contributed by atoms with E-state index in [2.05, 4.69) is 27.5 Å². The number of hydrazine groups is 3. The molecule has 0 aliphatic rings. The molecule has 210 valence electrons. The highest BCUT2D eigenvalue weighted by Gasteiger charge is 2.15. The molecular weight excluding hydrogens is 478 g/mol. The summed E-state index contributed by atoms with van der Waals surface area (Å²) in [5.74, 6) is 17.2. The monoisotopic (exact) mass is 521 g/mol. The number of urea groups is 2. The maximum absolute atomic E-state index is 12.1. The summed E-state index contributed by atoms with van der Waals surface area (Å²) in [4.78, 5) is 27.7. The van der Waals surface area contributed by atoms with Crippen LogP contribution in [-0.2, 0) is 18.9 Å². The number of hydrogen-bond donors (Lipinski definition) is 6. The van der Waals surface area contributed by atoms with Crippen molar-refractivity contribution >= 4 is 18.8 Å². The molecule has 0 radical (unpaired) electrons. The van der Waals surface area contributed by atoms with Gasteiger partial charge in [-0.25, -0.2) is 32.6 Å². The zero-order valence-electron chi connectivity index (χ0n) is 20.9. The molecule has 0 aromatic rings. The van der Waals surface area contributed by atoms with Crippen LogP contribution in [0.3, 0.4) is 0 Å². The van der Waals surface area contributed by atoms with Gasteiger partial charge in [-0.3, -0.25) is 20.0 Å². The second-order valence-electron chi connectivity index (χ2n) is 7.12. The molecule has 0 aliphatic carbocycles. The lowest BCUT2D eigenvalue weighted by Crippen LogP contribution is -2.53. The average Bonchev–Trinajstić information content (AvgIpc) is 2.87. The van der Waals surface area contributed by atoms with Crippen LogP contribution in [0.5, 0.6) is 0 Å². The summed E-state index contributed by atoms with van der Waals surface area (Å²) in [6.07, 6.45) is 0. The molecule has 0 fully saturated rings. The predicted octanol–water partition coefficient (Wildman–Crippen LogP) is -2.27. The smallest absolute Gasteiger partial charge is 0.348 e. The Balaban J connectivity index is 3.70. The first-order valence-electron chi connectivity index (χ1n) is 11.6. The van der Waals surface area contributed by atoms with Crippen LogP contribution >= 0.6 is 0 Å². The van der Waals surface area contributed by atoms with Gasteiger partial charge in [0.05, 0.1) is 85.6 Å². The highest BCUT2D eigenvalue weighted by molar-refractivity contribution is 5.73. The number of ether oxygens (including phenoxy) is 4. The summed E-state index contributed by atoms with van der Waals surface area (Å²) in [6, 6.07) is -0.989. The van der Waals surface area contributed by atoms with Crippen molar-refractivity contribution in [2.45, 2.75) is 0 Å². The van der Waals surface area contributed by atoms with Crippen molar-refractivity contribution in [1.82, 2.24) is 25.7 Å². The molecule has 0 aliphatic heterocycles. The minimum absolute atomic E-state index is 0.174. The Kier molecular flexibility index (Phi) is 22.5. The van der Waals surface area contributed by atoms with E-state index in [1.165, 1.54) is 0 Å². The van der Waals surface area contributed by atoms with Crippen LogP contribution < -0.4 is 28.2 Å². The predicted molar refractivity (Wildman–Crippen MR) is 132 cm³/mol. The summed E-state index contributed by atoms with van der Waals surface area (Å²) in [6.45, 7) is 8.92. The van der Waals surface area contributed by atoms with Gasteiger partial charge in [-0.2, -0.15) is 5.11 Å². The molecule has 0 atom stereocenters. The van der Waals surface area contributed by atoms with Gasteiger partial charge < -0.3 is 29.6 Å². The van der Waals surface area contributed by atoms with Crippen molar-refractivity contribution in [2.24, 2.45) is 27.6 Å². The molecule has 0 spiro atoms. The lowest BCUT2D eigenvalue weighted by Gasteiger charge is -2.24. The largest absolute Gasteiger partial charge is 0.377 e. The molecule has 0 bridgehead atoms. The first kappa shape index (κ1) is 33.5. The number of amides is 4. The van der Waals surface area contributed by atoms with Crippen LogP contribution in [0.1, 0.15) is 0 Å². The fourth-order valence-electron chi connectivity index (χ4n) is 2.36. The number of aliphatic imine (C=N–C) groups is 1. The van der Waals surface area contributed by atoms with E-state index in [-0.39, 0.29) is 26.2 Å². The van der Waals surface area contributed by atoms with Crippen molar-refractivity contribution in [3.63, 3.8) is 0 Å². The highest BCUT2D eigenvalue weighted by atomic mass is 16.5. The topological polar surface area (TPSA) is 231 Å². The van der Waals surface area contributed by atoms with Crippen LogP contribution in [0.2, 0.25) is 0 Å². The van der Waals surface area contributed by atoms with Crippen LogP contribution in [0.15, 0.2) is 10.1 Å². The summed E-state index contributed by atoms with van der Waals surface area (Å²) in [5, 5.41) is 11.8. The lowest BCUT2D eigenvalue weighted by atomic mass is 10.5. The molecule has 36 heavy (non-hydrogen) atoms. The van der Waals surface area contributed by atoms with Crippen molar-refractivity contribution in [1.29, 1.82) is 5.53 Å². The fourth-order valence-corrected chi connectivity index (χ4v) is 2.36. The Hall–Kier alpha value is -2.51. The van der Waals surface area contributed by atoms with E-state index in [0.29, 0.717) is 79.0 Å². The molecule has 4 amide bonds. The minimum atomic E-state index is -0.550. The van der Waals surface area contributed by atoms with Crippen molar-refractivity contribution < 1.29 is 28.5 Å². The maximum atomic E-state index is 12.1. The first-order valence-corrected chi connectivity index (χ1v) is 11.6. The van der Waals surface area contributed by atoms with Gasteiger partial charge in [-0.05, 0) is 6.72 Å². The van der Waals surface area contributed by atoms with Gasteiger partial charge >= 0.3 is 12.1 Å². The third kappa shape index (κ3) is 19.8. The second-order valence-corrected chi connectivity index (χ2v) is 7.12. The molecule has 0 heterocycles. The van der Waals surface area contributed by atoms with Crippen LogP contribution in [0.4, 0.5) is 9.59 Å². The molecule has 0 rings (SSSR count). The second kappa shape index (κ2) is 24.2. The third-order valence-corrected chi connectivity index (χ3v) is 4.30. The minimum Gasteiger partial charge on any atom is -0.377 e. The van der Waals surface area contributed by atoms with Gasteiger partial charge in [0.25, 0.3) is 0 Å². The van der Waals surface area contributed by atoms with E-state index in [0.717, 1.165) is 15.0 Å². The molecule has 0 saturated heterocycles. The van der Waals surface area contributed by atoms with E-state index >= 15 is 0 Å². The number of nitrogens with one attached hydrogen (secondary N) is 3. The van der Waals surface area contributed by atoms with Crippen molar-refractivity contribution in [3.05, 3.63) is 0 Å². The van der Waals surface area contributed by atoms with Crippen LogP contribution in [0, 0.1) is 5.53 Å². The number of hydrogen-bond acceptors (Lipinski definition) is 13. The SMILES string of the molecule is C=NCCOCCOCCN(N)C(=O)N(N)CCNCCN(N)C(=O)NCCOCCOCCN=N. The van der Waals surface area contributed by atoms with Gasteiger partial charge in [0.2, 0.25) is 0 Å². The number of nitrogens with zero attached hydrogens (tertiary/aromatic N) is 5. The lowest BCUT2D eigenvalue weighted by molar-refractivity contribution is 0.0423. The van der Waals surface area contributed by atoms with Gasteiger partial charge in [-0.15, -0.1) is 0 Å². The average molecular weight is 522 g/mol. The van der Waals surface area contributed by atoms with Gasteiger partial charge in [0.1, 0.15) is 0 Å². The zero-order valence-corrected chi connectivity index (χ0v) is 20.9. The highest BCUT2D eigenvalue weighted by Crippen LogP contribution is 1.90. The number of nitrogens with two attached hydrogens (primary N) is 3. The summed E-state index contributed by atoms with van der Waals surface area (Å²) in [5.41, 5.74) is 6.62. The molecule has 0 saturated carbocycles. The summed E-state index contributed by atoms with van der Waals surface area (Å²) >= 11 is 0. The van der Waals surface area contributed by atoms with E-state index in [1.807, 2.05) is 0 Å². The standard InChI is InChI=1S/C19H43N11O6/c1-24-4-10-33-16-17-36-13-9-30(23)19(32)29(22)8-3-25-2-7-28(21)18(31)26-5-11-34-14-15-35-12-6-27-20/h20,25H,1-17,21-23H2,(H,26,31). The molecule has 9 N–H and O–H groups in total. The number of rotatable bonds is 24. The van der Waals surface area contributed by atoms with Gasteiger partial charge in [0, 0.05) is 19.6 Å². The van der Waals surface area contributed by atoms with E-state index in [4.69, 9.17) is 42.0 Å². The molecule has 0 aromatic heterocycles. The third-order valence-electron chi connectivity index (χ3n) is 4.30. The Bertz CT molecular complexity index is 590. The number of carbonyl (C=O) groups is 2. The van der Waals surface area contributed by atoms with Crippen LogP contribution in [-0.4, -0.2) is 139 Å². The zero-order chi connectivity index (χ0) is 26.9. The number of carbonyl (C=O) groups excluding carboxylic acids is 2. The fraction of sp³-hybridized carbons (Fsp3) is 0.842. The van der Waals surface area contributed by atoms with E-state index < -0.39 is 12.1 Å². The van der Waals surface area contributed by atoms with E-state index in [1.54, 1.807) is 0 Å². The Morgan fingerprint density at radius 2 is 1.25 bits per heavy atom. The molecule has 0 aromatic carbocycles. The maximum Gasteiger partial charge on any atom is 0.348 e.